The van der Waals surface area contributed by atoms with E-state index in [1.165, 1.54) is 0 Å². The quantitative estimate of drug-likeness (QED) is 0.752. The number of rotatable bonds is 6. The van der Waals surface area contributed by atoms with Gasteiger partial charge in [0, 0.05) is 12.6 Å². The van der Waals surface area contributed by atoms with Crippen LogP contribution in [0.15, 0.2) is 0 Å². The van der Waals surface area contributed by atoms with E-state index in [2.05, 4.69) is 5.32 Å². The molecule has 0 bridgehead atoms. The molecule has 1 saturated heterocycles. The summed E-state index contributed by atoms with van der Waals surface area (Å²) in [6.45, 7) is 2.09. The van der Waals surface area contributed by atoms with Crippen LogP contribution in [0.5, 0.6) is 0 Å². The Morgan fingerprint density at radius 1 is 1.37 bits per heavy atom. The molecular formula is C12H21F3N2O2. The van der Waals surface area contributed by atoms with Crippen molar-refractivity contribution in [2.75, 3.05) is 32.8 Å². The number of nitrogens with zero attached hydrogens (tertiary/aromatic N) is 1. The number of halogens is 3. The molecule has 1 heterocycles. The van der Waals surface area contributed by atoms with E-state index in [9.17, 15) is 18.0 Å². The second kappa shape index (κ2) is 7.69. The van der Waals surface area contributed by atoms with Crippen LogP contribution in [0.25, 0.3) is 0 Å². The fraction of sp³-hybridized carbons (Fsp3) is 0.917. The minimum Gasteiger partial charge on any atom is -0.372 e. The summed E-state index contributed by atoms with van der Waals surface area (Å²) in [5.74, 6) is -0.572. The van der Waals surface area contributed by atoms with Crippen molar-refractivity contribution in [2.24, 2.45) is 0 Å². The second-order valence-corrected chi connectivity index (χ2v) is 4.67. The number of hydrogen-bond donors (Lipinski definition) is 1. The van der Waals surface area contributed by atoms with Crippen LogP contribution in [0, 0.1) is 0 Å². The first-order chi connectivity index (χ1) is 8.94. The van der Waals surface area contributed by atoms with Gasteiger partial charge in [-0.1, -0.05) is 6.92 Å². The third-order valence-corrected chi connectivity index (χ3v) is 2.99. The van der Waals surface area contributed by atoms with Crippen LogP contribution in [-0.4, -0.2) is 55.9 Å². The fourth-order valence-electron chi connectivity index (χ4n) is 2.12. The third kappa shape index (κ3) is 6.24. The van der Waals surface area contributed by atoms with E-state index in [4.69, 9.17) is 4.74 Å². The van der Waals surface area contributed by atoms with Crippen molar-refractivity contribution in [2.45, 2.75) is 38.4 Å². The molecular weight excluding hydrogens is 261 g/mol. The summed E-state index contributed by atoms with van der Waals surface area (Å²) in [6.07, 6.45) is -2.53. The number of amides is 1. The molecule has 19 heavy (non-hydrogen) atoms. The van der Waals surface area contributed by atoms with Crippen LogP contribution in [0.4, 0.5) is 13.2 Å². The number of ether oxygens (including phenoxy) is 1. The molecule has 0 saturated carbocycles. The highest BCUT2D eigenvalue weighted by molar-refractivity contribution is 5.77. The standard InChI is InChI=1S/C12H21F3N2O2/c1-2-7-19-8-11(18)17(9-12(13,14)15)10-3-5-16-6-4-10/h10,16H,2-9H2,1H3. The van der Waals surface area contributed by atoms with Crippen LogP contribution < -0.4 is 5.32 Å². The summed E-state index contributed by atoms with van der Waals surface area (Å²) in [5.41, 5.74) is 0. The number of hydrogen-bond acceptors (Lipinski definition) is 3. The van der Waals surface area contributed by atoms with Crippen molar-refractivity contribution >= 4 is 5.91 Å². The van der Waals surface area contributed by atoms with E-state index in [0.29, 0.717) is 32.5 Å². The number of alkyl halides is 3. The van der Waals surface area contributed by atoms with Crippen LogP contribution in [0.2, 0.25) is 0 Å². The largest absolute Gasteiger partial charge is 0.406 e. The summed E-state index contributed by atoms with van der Waals surface area (Å²) in [7, 11) is 0. The summed E-state index contributed by atoms with van der Waals surface area (Å²) in [4.78, 5) is 12.8. The number of piperidine rings is 1. The maximum Gasteiger partial charge on any atom is 0.406 e. The lowest BCUT2D eigenvalue weighted by Gasteiger charge is -2.35. The van der Waals surface area contributed by atoms with Gasteiger partial charge >= 0.3 is 6.18 Å². The van der Waals surface area contributed by atoms with Gasteiger partial charge in [0.25, 0.3) is 0 Å². The van der Waals surface area contributed by atoms with Gasteiger partial charge in [0.15, 0.2) is 0 Å². The van der Waals surface area contributed by atoms with E-state index in [1.54, 1.807) is 0 Å². The molecule has 0 aromatic rings. The highest BCUT2D eigenvalue weighted by Crippen LogP contribution is 2.21. The zero-order valence-corrected chi connectivity index (χ0v) is 11.1. The van der Waals surface area contributed by atoms with Gasteiger partial charge in [-0.15, -0.1) is 0 Å². The Morgan fingerprint density at radius 3 is 2.53 bits per heavy atom. The molecule has 4 nitrogen and oxygen atoms in total. The Balaban J connectivity index is 2.59. The molecule has 1 aliphatic rings. The zero-order valence-electron chi connectivity index (χ0n) is 11.1. The Hall–Kier alpha value is -0.820. The van der Waals surface area contributed by atoms with Gasteiger partial charge in [-0.05, 0) is 32.4 Å². The first-order valence-electron chi connectivity index (χ1n) is 6.58. The number of carbonyl (C=O) groups excluding carboxylic acids is 1. The molecule has 1 rings (SSSR count). The average molecular weight is 282 g/mol. The Morgan fingerprint density at radius 2 is 2.00 bits per heavy atom. The number of carbonyl (C=O) groups is 1. The molecule has 0 spiro atoms. The maximum atomic E-state index is 12.6. The first-order valence-corrected chi connectivity index (χ1v) is 6.58. The molecule has 0 aliphatic carbocycles. The molecule has 1 amide bonds. The van der Waals surface area contributed by atoms with Gasteiger partial charge < -0.3 is 15.0 Å². The van der Waals surface area contributed by atoms with Gasteiger partial charge in [-0.3, -0.25) is 4.79 Å². The monoisotopic (exact) mass is 282 g/mol. The van der Waals surface area contributed by atoms with Crippen molar-refractivity contribution in [3.8, 4) is 0 Å². The molecule has 0 unspecified atom stereocenters. The van der Waals surface area contributed by atoms with Crippen molar-refractivity contribution in [1.29, 1.82) is 0 Å². The molecule has 0 radical (unpaired) electrons. The third-order valence-electron chi connectivity index (χ3n) is 2.99. The minimum atomic E-state index is -4.37. The molecule has 0 aromatic heterocycles. The smallest absolute Gasteiger partial charge is 0.372 e. The Kier molecular flexibility index (Phi) is 6.57. The van der Waals surface area contributed by atoms with E-state index in [0.717, 1.165) is 11.3 Å². The van der Waals surface area contributed by atoms with Crippen LogP contribution >= 0.6 is 0 Å². The van der Waals surface area contributed by atoms with Crippen molar-refractivity contribution in [1.82, 2.24) is 10.2 Å². The molecule has 0 atom stereocenters. The molecule has 0 aromatic carbocycles. The molecule has 1 aliphatic heterocycles. The summed E-state index contributed by atoms with van der Waals surface area (Å²) in [5, 5.41) is 3.07. The molecule has 1 fully saturated rings. The highest BCUT2D eigenvalue weighted by Gasteiger charge is 2.36. The van der Waals surface area contributed by atoms with E-state index >= 15 is 0 Å². The molecule has 1 N–H and O–H groups in total. The SMILES string of the molecule is CCCOCC(=O)N(CC(F)(F)F)C1CCNCC1. The Labute approximate surface area is 111 Å². The van der Waals surface area contributed by atoms with Crippen molar-refractivity contribution in [3.05, 3.63) is 0 Å². The van der Waals surface area contributed by atoms with Crippen LogP contribution in [-0.2, 0) is 9.53 Å². The molecule has 112 valence electrons. The van der Waals surface area contributed by atoms with Gasteiger partial charge in [0.2, 0.25) is 5.91 Å². The lowest BCUT2D eigenvalue weighted by Crippen LogP contribution is -2.50. The minimum absolute atomic E-state index is 0.270. The maximum absolute atomic E-state index is 12.6. The lowest BCUT2D eigenvalue weighted by atomic mass is 10.0. The molecule has 7 heteroatoms. The van der Waals surface area contributed by atoms with E-state index < -0.39 is 18.6 Å². The predicted molar refractivity (Wildman–Crippen MR) is 64.8 cm³/mol. The van der Waals surface area contributed by atoms with Crippen LogP contribution in [0.3, 0.4) is 0 Å². The van der Waals surface area contributed by atoms with Gasteiger partial charge in [0.1, 0.15) is 13.2 Å². The van der Waals surface area contributed by atoms with Crippen LogP contribution in [0.1, 0.15) is 26.2 Å². The van der Waals surface area contributed by atoms with Gasteiger partial charge in [-0.2, -0.15) is 13.2 Å². The topological polar surface area (TPSA) is 41.6 Å². The second-order valence-electron chi connectivity index (χ2n) is 4.67. The highest BCUT2D eigenvalue weighted by atomic mass is 19.4. The van der Waals surface area contributed by atoms with Gasteiger partial charge in [-0.25, -0.2) is 0 Å². The predicted octanol–water partition coefficient (Wildman–Crippen LogP) is 1.56. The first kappa shape index (κ1) is 16.2. The van der Waals surface area contributed by atoms with Crippen molar-refractivity contribution < 1.29 is 22.7 Å². The lowest BCUT2D eigenvalue weighted by molar-refractivity contribution is -0.169. The van der Waals surface area contributed by atoms with Crippen molar-refractivity contribution in [3.63, 3.8) is 0 Å². The summed E-state index contributed by atoms with van der Waals surface area (Å²) in [6, 6.07) is -0.347. The summed E-state index contributed by atoms with van der Waals surface area (Å²) < 4.78 is 42.7. The normalized spacial score (nSPS) is 17.5. The van der Waals surface area contributed by atoms with E-state index in [1.807, 2.05) is 6.92 Å². The van der Waals surface area contributed by atoms with E-state index in [-0.39, 0.29) is 12.6 Å². The Bertz CT molecular complexity index is 279. The number of nitrogens with one attached hydrogen (secondary N) is 1. The summed E-state index contributed by atoms with van der Waals surface area (Å²) >= 11 is 0. The zero-order chi connectivity index (χ0) is 14.3. The fourth-order valence-corrected chi connectivity index (χ4v) is 2.12. The average Bonchev–Trinajstić information content (AvgIpc) is 2.36. The van der Waals surface area contributed by atoms with Gasteiger partial charge in [0.05, 0.1) is 0 Å².